The van der Waals surface area contributed by atoms with Gasteiger partial charge in [-0.25, -0.2) is 8.75 Å². The van der Waals surface area contributed by atoms with E-state index in [4.69, 9.17) is 0 Å². The Labute approximate surface area is 102 Å². The van der Waals surface area contributed by atoms with E-state index in [-0.39, 0.29) is 11.5 Å². The maximum atomic E-state index is 12.1. The minimum absolute atomic E-state index is 0.127. The summed E-state index contributed by atoms with van der Waals surface area (Å²) < 4.78 is 2.18. The van der Waals surface area contributed by atoms with E-state index >= 15 is 0 Å². The average Bonchev–Trinajstić information content (AvgIpc) is 2.56. The fourth-order valence-corrected chi connectivity index (χ4v) is 3.06. The van der Waals surface area contributed by atoms with Crippen LogP contribution < -0.4 is 5.56 Å². The van der Waals surface area contributed by atoms with Crippen LogP contribution in [0.5, 0.6) is 0 Å². The monoisotopic (exact) mass is 251 g/mol. The Bertz CT molecular complexity index is 611. The van der Waals surface area contributed by atoms with Crippen molar-refractivity contribution < 1.29 is 9.90 Å². The molecule has 17 heavy (non-hydrogen) atoms. The number of carboxylic acid groups (broad SMARTS) is 1. The molecule has 1 N–H and O–H groups in total. The summed E-state index contributed by atoms with van der Waals surface area (Å²) in [6, 6.07) is 6.39. The zero-order chi connectivity index (χ0) is 12.6. The molecule has 0 unspecified atom stereocenters. The van der Waals surface area contributed by atoms with Crippen molar-refractivity contribution in [3.63, 3.8) is 0 Å². The number of rotatable bonds is 3. The Morgan fingerprint density at radius 1 is 1.35 bits per heavy atom. The summed E-state index contributed by atoms with van der Waals surface area (Å²) in [5.74, 6) is -1.09. The Hall–Kier alpha value is -1.62. The lowest BCUT2D eigenvalue weighted by Gasteiger charge is -2.15. The van der Waals surface area contributed by atoms with Gasteiger partial charge in [0.25, 0.3) is 5.56 Å². The summed E-state index contributed by atoms with van der Waals surface area (Å²) in [7, 11) is 0. The molecule has 0 aliphatic heterocycles. The number of carbonyl (C=O) groups is 1. The first-order valence-corrected chi connectivity index (χ1v) is 6.13. The number of nitrogens with zero attached hydrogens (tertiary/aromatic N) is 1. The molecule has 5 heteroatoms. The van der Waals surface area contributed by atoms with Crippen molar-refractivity contribution in [1.82, 2.24) is 3.96 Å². The fraction of sp³-hybridized carbons (Fsp3) is 0.333. The minimum atomic E-state index is -0.964. The first-order chi connectivity index (χ1) is 8.02. The molecular formula is C12H13NO3S. The van der Waals surface area contributed by atoms with E-state index in [1.807, 2.05) is 12.1 Å². The molecule has 0 amide bonds. The number of benzene rings is 1. The molecule has 1 aromatic carbocycles. The van der Waals surface area contributed by atoms with Crippen molar-refractivity contribution in [2.45, 2.75) is 19.9 Å². The predicted molar refractivity (Wildman–Crippen MR) is 67.6 cm³/mol. The van der Waals surface area contributed by atoms with Gasteiger partial charge in [-0.2, -0.15) is 0 Å². The second-order valence-corrected chi connectivity index (χ2v) is 5.26. The van der Waals surface area contributed by atoms with Gasteiger partial charge in [0, 0.05) is 0 Å². The van der Waals surface area contributed by atoms with Crippen molar-refractivity contribution in [2.75, 3.05) is 0 Å². The van der Waals surface area contributed by atoms with Crippen LogP contribution in [-0.2, 0) is 4.79 Å². The lowest BCUT2D eigenvalue weighted by atomic mass is 10.1. The quantitative estimate of drug-likeness (QED) is 0.910. The van der Waals surface area contributed by atoms with Gasteiger partial charge in [0.2, 0.25) is 0 Å². The van der Waals surface area contributed by atoms with E-state index in [1.54, 1.807) is 26.0 Å². The average molecular weight is 251 g/mol. The Kier molecular flexibility index (Phi) is 3.02. The van der Waals surface area contributed by atoms with Gasteiger partial charge in [0.1, 0.15) is 6.04 Å². The van der Waals surface area contributed by atoms with Crippen LogP contribution in [0.4, 0.5) is 0 Å². The Balaban J connectivity index is 2.66. The Morgan fingerprint density at radius 2 is 2.00 bits per heavy atom. The number of fused-ring (bicyclic) bond motifs is 1. The highest BCUT2D eigenvalue weighted by Crippen LogP contribution is 2.24. The van der Waals surface area contributed by atoms with E-state index in [2.05, 4.69) is 0 Å². The van der Waals surface area contributed by atoms with Crippen LogP contribution in [0.15, 0.2) is 29.1 Å². The third-order valence-corrected chi connectivity index (χ3v) is 3.79. The zero-order valence-electron chi connectivity index (χ0n) is 9.58. The van der Waals surface area contributed by atoms with Gasteiger partial charge in [0.05, 0.1) is 10.1 Å². The van der Waals surface area contributed by atoms with Crippen molar-refractivity contribution in [3.8, 4) is 0 Å². The molecule has 1 aromatic heterocycles. The maximum Gasteiger partial charge on any atom is 0.328 e. The Morgan fingerprint density at radius 3 is 2.53 bits per heavy atom. The third-order valence-electron chi connectivity index (χ3n) is 2.65. The molecule has 0 aliphatic rings. The van der Waals surface area contributed by atoms with Crippen molar-refractivity contribution in [2.24, 2.45) is 5.92 Å². The first kappa shape index (κ1) is 11.9. The molecule has 2 rings (SSSR count). The summed E-state index contributed by atoms with van der Waals surface area (Å²) in [6.07, 6.45) is 0. The van der Waals surface area contributed by atoms with E-state index < -0.39 is 12.0 Å². The molecule has 90 valence electrons. The molecule has 0 bridgehead atoms. The molecule has 1 atom stereocenters. The fourth-order valence-electron chi connectivity index (χ4n) is 1.83. The molecule has 0 saturated carbocycles. The van der Waals surface area contributed by atoms with Gasteiger partial charge in [-0.15, -0.1) is 0 Å². The normalized spacial score (nSPS) is 13.1. The van der Waals surface area contributed by atoms with Crippen LogP contribution in [0.1, 0.15) is 19.9 Å². The number of hydrogen-bond donors (Lipinski definition) is 1. The largest absolute Gasteiger partial charge is 0.480 e. The second kappa shape index (κ2) is 4.33. The van der Waals surface area contributed by atoms with Crippen LogP contribution in [-0.4, -0.2) is 15.0 Å². The summed E-state index contributed by atoms with van der Waals surface area (Å²) in [6.45, 7) is 3.60. The SMILES string of the molecule is CC(C)[C@H](C(=O)O)n1sc2ccccc2c1=O. The maximum absolute atomic E-state index is 12.1. The summed E-state index contributed by atoms with van der Waals surface area (Å²) in [5.41, 5.74) is -0.216. The molecular weight excluding hydrogens is 238 g/mol. The van der Waals surface area contributed by atoms with Gasteiger partial charge < -0.3 is 5.11 Å². The van der Waals surface area contributed by atoms with E-state index in [0.717, 1.165) is 4.70 Å². The molecule has 0 spiro atoms. The van der Waals surface area contributed by atoms with Gasteiger partial charge in [0.15, 0.2) is 0 Å². The third kappa shape index (κ3) is 1.98. The van der Waals surface area contributed by atoms with Crippen LogP contribution >= 0.6 is 11.5 Å². The van der Waals surface area contributed by atoms with Crippen LogP contribution in [0.25, 0.3) is 10.1 Å². The van der Waals surface area contributed by atoms with Crippen LogP contribution in [0.3, 0.4) is 0 Å². The molecule has 0 saturated heterocycles. The van der Waals surface area contributed by atoms with E-state index in [0.29, 0.717) is 5.39 Å². The number of aliphatic carboxylic acids is 1. The first-order valence-electron chi connectivity index (χ1n) is 5.35. The molecule has 0 radical (unpaired) electrons. The number of aromatic nitrogens is 1. The highest BCUT2D eigenvalue weighted by atomic mass is 32.1. The van der Waals surface area contributed by atoms with Gasteiger partial charge in [-0.3, -0.25) is 4.79 Å². The highest BCUT2D eigenvalue weighted by Gasteiger charge is 2.26. The van der Waals surface area contributed by atoms with Crippen molar-refractivity contribution in [1.29, 1.82) is 0 Å². The lowest BCUT2D eigenvalue weighted by molar-refractivity contribution is -0.142. The van der Waals surface area contributed by atoms with Gasteiger partial charge >= 0.3 is 5.97 Å². The minimum Gasteiger partial charge on any atom is -0.480 e. The van der Waals surface area contributed by atoms with Crippen molar-refractivity contribution in [3.05, 3.63) is 34.6 Å². The molecule has 4 nitrogen and oxygen atoms in total. The smallest absolute Gasteiger partial charge is 0.328 e. The number of hydrogen-bond acceptors (Lipinski definition) is 3. The standard InChI is InChI=1S/C12H13NO3S/c1-7(2)10(12(15)16)13-11(14)8-5-3-4-6-9(8)17-13/h3-7,10H,1-2H3,(H,15,16)/t10-/m1/s1. The predicted octanol–water partition coefficient (Wildman–Crippen LogP) is 2.34. The summed E-state index contributed by atoms with van der Waals surface area (Å²) in [5, 5.41) is 9.78. The molecule has 2 aromatic rings. The molecule has 0 fully saturated rings. The number of carboxylic acids is 1. The topological polar surface area (TPSA) is 59.3 Å². The van der Waals surface area contributed by atoms with E-state index in [9.17, 15) is 14.7 Å². The van der Waals surface area contributed by atoms with Gasteiger partial charge in [-0.1, -0.05) is 37.5 Å². The lowest BCUT2D eigenvalue weighted by Crippen LogP contribution is -2.29. The second-order valence-electron chi connectivity index (χ2n) is 4.25. The van der Waals surface area contributed by atoms with Crippen LogP contribution in [0.2, 0.25) is 0 Å². The molecule has 1 heterocycles. The van der Waals surface area contributed by atoms with Crippen molar-refractivity contribution >= 4 is 27.6 Å². The zero-order valence-corrected chi connectivity index (χ0v) is 10.4. The summed E-state index contributed by atoms with van der Waals surface area (Å²) >= 11 is 1.21. The van der Waals surface area contributed by atoms with E-state index in [1.165, 1.54) is 15.5 Å². The highest BCUT2D eigenvalue weighted by molar-refractivity contribution is 7.14. The molecule has 0 aliphatic carbocycles. The summed E-state index contributed by atoms with van der Waals surface area (Å²) in [4.78, 5) is 23.3. The van der Waals surface area contributed by atoms with Crippen LogP contribution in [0, 0.1) is 5.92 Å². The van der Waals surface area contributed by atoms with Gasteiger partial charge in [-0.05, 0) is 18.1 Å².